The van der Waals surface area contributed by atoms with Gasteiger partial charge in [0.15, 0.2) is 5.12 Å². The van der Waals surface area contributed by atoms with Crippen molar-refractivity contribution in [1.82, 2.24) is 0 Å². The van der Waals surface area contributed by atoms with Crippen LogP contribution in [0.2, 0.25) is 0 Å². The maximum absolute atomic E-state index is 10.4. The fourth-order valence-corrected chi connectivity index (χ4v) is 0.983. The fraction of sp³-hybridized carbons (Fsp3) is 0.833. The zero-order valence-electron chi connectivity index (χ0n) is 6.29. The van der Waals surface area contributed by atoms with Crippen LogP contribution in [0.3, 0.4) is 0 Å². The second-order valence-electron chi connectivity index (χ2n) is 2.14. The van der Waals surface area contributed by atoms with E-state index in [9.17, 15) is 4.79 Å². The Kier molecular flexibility index (Phi) is 10.4. The molecule has 0 aliphatic carbocycles. The maximum Gasteiger partial charge on any atom is 0.185 e. The Labute approximate surface area is 83.3 Å². The molecule has 62 valence electrons. The van der Waals surface area contributed by atoms with Gasteiger partial charge in [0, 0.05) is 12.7 Å². The number of rotatable bonds is 3. The minimum atomic E-state index is 0. The first-order chi connectivity index (χ1) is 4.16. The summed E-state index contributed by atoms with van der Waals surface area (Å²) in [5.41, 5.74) is 5.33. The van der Waals surface area contributed by atoms with Gasteiger partial charge < -0.3 is 5.73 Å². The molecule has 0 heterocycles. The summed E-state index contributed by atoms with van der Waals surface area (Å²) in [5, 5.41) is 0.176. The highest BCUT2D eigenvalue weighted by molar-refractivity contribution is 14.0. The van der Waals surface area contributed by atoms with Crippen LogP contribution in [-0.4, -0.2) is 17.4 Å². The van der Waals surface area contributed by atoms with Crippen molar-refractivity contribution >= 4 is 40.9 Å². The first-order valence-electron chi connectivity index (χ1n) is 3.00. The molecule has 0 amide bonds. The molecular formula is C6H14INOS. The lowest BCUT2D eigenvalue weighted by Gasteiger charge is -2.03. The van der Waals surface area contributed by atoms with E-state index in [1.54, 1.807) is 6.92 Å². The van der Waals surface area contributed by atoms with Crippen LogP contribution in [0.4, 0.5) is 0 Å². The lowest BCUT2D eigenvalue weighted by molar-refractivity contribution is -0.109. The summed E-state index contributed by atoms with van der Waals surface area (Å²) in [7, 11) is 0. The van der Waals surface area contributed by atoms with Crippen molar-refractivity contribution in [3.63, 3.8) is 0 Å². The molecule has 0 aromatic heterocycles. The summed E-state index contributed by atoms with van der Waals surface area (Å²) in [5.74, 6) is 1.31. The summed E-state index contributed by atoms with van der Waals surface area (Å²) in [4.78, 5) is 10.4. The van der Waals surface area contributed by atoms with E-state index in [1.165, 1.54) is 11.8 Å². The van der Waals surface area contributed by atoms with Crippen molar-refractivity contribution < 1.29 is 4.79 Å². The predicted octanol–water partition coefficient (Wildman–Crippen LogP) is 1.48. The number of hydrogen-bond donors (Lipinski definition) is 1. The molecule has 0 rings (SSSR count). The molecule has 1 atom stereocenters. The molecule has 10 heavy (non-hydrogen) atoms. The number of carbonyl (C=O) groups excluding carboxylic acids is 1. The zero-order valence-corrected chi connectivity index (χ0v) is 9.44. The van der Waals surface area contributed by atoms with Crippen LogP contribution in [0, 0.1) is 5.92 Å². The van der Waals surface area contributed by atoms with Gasteiger partial charge in [-0.15, -0.1) is 24.0 Å². The van der Waals surface area contributed by atoms with Gasteiger partial charge in [-0.25, -0.2) is 0 Å². The Hall–Kier alpha value is 0.710. The smallest absolute Gasteiger partial charge is 0.185 e. The normalized spacial score (nSPS) is 11.9. The van der Waals surface area contributed by atoms with Crippen LogP contribution in [0.15, 0.2) is 0 Å². The number of hydrogen-bond acceptors (Lipinski definition) is 3. The lowest BCUT2D eigenvalue weighted by atomic mass is 10.2. The number of carbonyl (C=O) groups is 1. The molecule has 2 N–H and O–H groups in total. The first kappa shape index (κ1) is 13.3. The van der Waals surface area contributed by atoms with E-state index < -0.39 is 0 Å². The average molecular weight is 275 g/mol. The van der Waals surface area contributed by atoms with Gasteiger partial charge in [-0.2, -0.15) is 0 Å². The third-order valence-corrected chi connectivity index (χ3v) is 2.12. The minimum absolute atomic E-state index is 0. The predicted molar refractivity (Wildman–Crippen MR) is 56.8 cm³/mol. The molecule has 0 aliphatic rings. The van der Waals surface area contributed by atoms with Gasteiger partial charge in [0.05, 0.1) is 0 Å². The highest BCUT2D eigenvalue weighted by atomic mass is 127. The summed E-state index contributed by atoms with van der Waals surface area (Å²) >= 11 is 1.35. The van der Waals surface area contributed by atoms with E-state index in [4.69, 9.17) is 5.73 Å². The van der Waals surface area contributed by atoms with Crippen LogP contribution in [0.1, 0.15) is 13.8 Å². The Morgan fingerprint density at radius 1 is 1.70 bits per heavy atom. The van der Waals surface area contributed by atoms with Crippen LogP contribution in [0.5, 0.6) is 0 Å². The Balaban J connectivity index is 0. The van der Waals surface area contributed by atoms with Gasteiger partial charge in [-0.3, -0.25) is 4.79 Å². The van der Waals surface area contributed by atoms with E-state index in [0.717, 1.165) is 5.75 Å². The van der Waals surface area contributed by atoms with Crippen LogP contribution in [-0.2, 0) is 4.79 Å². The largest absolute Gasteiger partial charge is 0.330 e. The van der Waals surface area contributed by atoms with E-state index in [-0.39, 0.29) is 29.1 Å². The molecule has 0 aromatic rings. The number of halogens is 1. The van der Waals surface area contributed by atoms with Crippen molar-refractivity contribution in [2.45, 2.75) is 13.8 Å². The van der Waals surface area contributed by atoms with Gasteiger partial charge in [0.1, 0.15) is 0 Å². The Morgan fingerprint density at radius 3 is 2.50 bits per heavy atom. The van der Waals surface area contributed by atoms with E-state index >= 15 is 0 Å². The quantitative estimate of drug-likeness (QED) is 0.793. The molecule has 0 fully saturated rings. The van der Waals surface area contributed by atoms with Crippen molar-refractivity contribution in [3.05, 3.63) is 0 Å². The molecular weight excluding hydrogens is 261 g/mol. The monoisotopic (exact) mass is 275 g/mol. The number of nitrogens with two attached hydrogens (primary N) is 1. The van der Waals surface area contributed by atoms with Crippen molar-refractivity contribution in [2.24, 2.45) is 11.7 Å². The Bertz CT molecular complexity index is 99.7. The summed E-state index contributed by atoms with van der Waals surface area (Å²) in [6, 6.07) is 0. The summed E-state index contributed by atoms with van der Waals surface area (Å²) < 4.78 is 0. The molecule has 2 nitrogen and oxygen atoms in total. The molecule has 0 aromatic carbocycles. The molecule has 0 spiro atoms. The minimum Gasteiger partial charge on any atom is -0.330 e. The maximum atomic E-state index is 10.4. The van der Waals surface area contributed by atoms with Crippen LogP contribution < -0.4 is 5.73 Å². The van der Waals surface area contributed by atoms with Gasteiger partial charge in [-0.05, 0) is 12.5 Å². The molecule has 1 unspecified atom stereocenters. The van der Waals surface area contributed by atoms with Gasteiger partial charge in [0.2, 0.25) is 0 Å². The van der Waals surface area contributed by atoms with Crippen LogP contribution in [0.25, 0.3) is 0 Å². The van der Waals surface area contributed by atoms with Crippen molar-refractivity contribution in [2.75, 3.05) is 12.3 Å². The van der Waals surface area contributed by atoms with Crippen LogP contribution >= 0.6 is 35.7 Å². The second-order valence-corrected chi connectivity index (χ2v) is 3.34. The molecule has 0 radical (unpaired) electrons. The van der Waals surface area contributed by atoms with E-state index in [2.05, 4.69) is 0 Å². The van der Waals surface area contributed by atoms with Crippen molar-refractivity contribution in [3.8, 4) is 0 Å². The standard InChI is InChI=1S/C6H13NOS.HI/c1-5(3-7)4-9-6(2)8;/h5H,3-4,7H2,1-2H3;1H. The third kappa shape index (κ3) is 8.71. The van der Waals surface area contributed by atoms with Gasteiger partial charge in [-0.1, -0.05) is 18.7 Å². The fourth-order valence-electron chi connectivity index (χ4n) is 0.328. The first-order valence-corrected chi connectivity index (χ1v) is 3.98. The Morgan fingerprint density at radius 2 is 2.20 bits per heavy atom. The third-order valence-electron chi connectivity index (χ3n) is 0.973. The molecule has 0 saturated heterocycles. The number of thioether (sulfide) groups is 1. The van der Waals surface area contributed by atoms with Gasteiger partial charge in [0.25, 0.3) is 0 Å². The SMILES string of the molecule is CC(=O)SCC(C)CN.I. The lowest BCUT2D eigenvalue weighted by Crippen LogP contribution is -2.13. The summed E-state index contributed by atoms with van der Waals surface area (Å²) in [6.45, 7) is 4.28. The topological polar surface area (TPSA) is 43.1 Å². The molecule has 0 aliphatic heterocycles. The molecule has 0 saturated carbocycles. The molecule has 0 bridgehead atoms. The van der Waals surface area contributed by atoms with Gasteiger partial charge >= 0.3 is 0 Å². The van der Waals surface area contributed by atoms with E-state index in [1.807, 2.05) is 6.92 Å². The summed E-state index contributed by atoms with van der Waals surface area (Å²) in [6.07, 6.45) is 0. The highest BCUT2D eigenvalue weighted by Gasteiger charge is 2.00. The average Bonchev–Trinajstić information content (AvgIpc) is 1.83. The second kappa shape index (κ2) is 7.81. The highest BCUT2D eigenvalue weighted by Crippen LogP contribution is 2.06. The molecule has 4 heteroatoms. The van der Waals surface area contributed by atoms with E-state index in [0.29, 0.717) is 12.5 Å². The zero-order chi connectivity index (χ0) is 7.28. The van der Waals surface area contributed by atoms with Crippen molar-refractivity contribution in [1.29, 1.82) is 0 Å².